The van der Waals surface area contributed by atoms with Crippen LogP contribution in [0, 0.1) is 0 Å². The normalized spacial score (nSPS) is 15.0. The first-order chi connectivity index (χ1) is 70.8. The topological polar surface area (TPSA) is 26.3 Å². The molecule has 0 fully saturated rings. The Morgan fingerprint density at radius 2 is 0.356 bits per heavy atom. The molecule has 29 rings (SSSR count). The van der Waals surface area contributed by atoms with Gasteiger partial charge in [-0.2, -0.15) is 0 Å². The first kappa shape index (κ1) is 86.3. The van der Waals surface area contributed by atoms with Crippen LogP contribution in [0.5, 0.6) is 0 Å². The summed E-state index contributed by atoms with van der Waals surface area (Å²) in [7, 11) is -5.02. The van der Waals surface area contributed by atoms with Crippen molar-refractivity contribution < 1.29 is 8.83 Å². The van der Waals surface area contributed by atoms with Crippen LogP contribution >= 0.6 is 0 Å². The Morgan fingerprint density at radius 1 is 0.158 bits per heavy atom. The molecule has 694 valence electrons. The Hall–Kier alpha value is -16.3. The van der Waals surface area contributed by atoms with Gasteiger partial charge < -0.3 is 8.83 Å². The highest BCUT2D eigenvalue weighted by molar-refractivity contribution is 7.06. The summed E-state index contributed by atoms with van der Waals surface area (Å²) < 4.78 is 14.8. The van der Waals surface area contributed by atoms with Crippen molar-refractivity contribution in [1.29, 1.82) is 0 Å². The van der Waals surface area contributed by atoms with Crippen LogP contribution in [0.3, 0.4) is 0 Å². The van der Waals surface area contributed by atoms with Crippen molar-refractivity contribution in [3.05, 3.63) is 469 Å². The van der Waals surface area contributed by atoms with Crippen molar-refractivity contribution in [1.82, 2.24) is 0 Å². The average molecular weight is 1900 g/mol. The van der Waals surface area contributed by atoms with Gasteiger partial charge in [-0.05, 0) is 364 Å². The van der Waals surface area contributed by atoms with Crippen molar-refractivity contribution in [2.45, 2.75) is 103 Å². The van der Waals surface area contributed by atoms with Gasteiger partial charge in [0.05, 0.1) is 0 Å². The Balaban J connectivity index is 0.468. The lowest BCUT2D eigenvalue weighted by Gasteiger charge is -2.24. The number of benzene rings is 21. The monoisotopic (exact) mass is 1900 g/mol. The van der Waals surface area contributed by atoms with E-state index in [1.807, 2.05) is 0 Å². The summed E-state index contributed by atoms with van der Waals surface area (Å²) >= 11 is 0. The lowest BCUT2D eigenvalue weighted by Crippen LogP contribution is -2.51. The van der Waals surface area contributed by atoms with Gasteiger partial charge in [-0.3, -0.25) is 0 Å². The third-order valence-electron chi connectivity index (χ3n) is 35.0. The predicted molar refractivity (Wildman–Crippen MR) is 621 cm³/mol. The molecule has 4 aliphatic carbocycles. The predicted octanol–water partition coefficient (Wildman–Crippen LogP) is 36.3. The minimum absolute atomic E-state index is 0.250. The quantitative estimate of drug-likeness (QED) is 0.114. The SMILES string of the molecule is CC1(C)c2cc(-c3cc(-c4ccccc4)cc(-c4cccc(-c5ccccc5)c4)c3)ccc2-c2ccc(-c3ccc4c(c3)C(C)(C)c3cc(-c5cc6c(c7c5oc5ccccc57)-c5cc7c(cc5[Si]6(C)C)-c5c(cc(-c6ccc8c(c6)C(C)(C)c6cc(-c9ccc%10c(c9)C(C)(C)c9cc(-c%11cc(-c%12ccccc%12)cc(-c%12cccc(-c%13ccccc%13)c%12)c%11)ccc9-%10)ccc6-8)c6oc8ccccc8c56)[Si]7(C)C)ccc3-4)cc21. The summed E-state index contributed by atoms with van der Waals surface area (Å²) in [6, 6.07) is 162. The van der Waals surface area contributed by atoms with Crippen molar-refractivity contribution in [3.63, 3.8) is 0 Å². The molecule has 0 spiro atoms. The molecule has 2 aliphatic heterocycles. The highest BCUT2D eigenvalue weighted by Crippen LogP contribution is 2.60. The fourth-order valence-corrected chi connectivity index (χ4v) is 33.1. The summed E-state index contributed by atoms with van der Waals surface area (Å²) in [5, 5.41) is 10.7. The number of rotatable bonds is 12. The van der Waals surface area contributed by atoms with Gasteiger partial charge in [0.2, 0.25) is 0 Å². The van der Waals surface area contributed by atoms with E-state index in [2.05, 4.69) is 506 Å². The van der Waals surface area contributed by atoms with E-state index in [1.54, 1.807) is 0 Å². The zero-order chi connectivity index (χ0) is 98.2. The molecule has 0 atom stereocenters. The Bertz CT molecular complexity index is 9090. The molecule has 23 aromatic rings. The van der Waals surface area contributed by atoms with Crippen LogP contribution in [0.15, 0.2) is 433 Å². The number of furan rings is 2. The number of hydrogen-bond donors (Lipinski definition) is 0. The van der Waals surface area contributed by atoms with Crippen LogP contribution in [0.1, 0.15) is 99.9 Å². The van der Waals surface area contributed by atoms with Gasteiger partial charge in [-0.25, -0.2) is 0 Å². The van der Waals surface area contributed by atoms with Gasteiger partial charge in [0.15, 0.2) is 0 Å². The smallest absolute Gasteiger partial charge is 0.143 e. The largest absolute Gasteiger partial charge is 0.455 e. The van der Waals surface area contributed by atoms with Crippen LogP contribution in [-0.4, -0.2) is 16.1 Å². The molecular weight excluding hydrogens is 1790 g/mol. The first-order valence-electron chi connectivity index (χ1n) is 51.9. The van der Waals surface area contributed by atoms with Crippen molar-refractivity contribution >= 4 is 80.8 Å². The summed E-state index contributed by atoms with van der Waals surface area (Å²) in [6.07, 6.45) is 0. The van der Waals surface area contributed by atoms with Gasteiger partial charge in [-0.1, -0.05) is 397 Å². The number of para-hydroxylation sites is 2. The van der Waals surface area contributed by atoms with Crippen LogP contribution in [0.25, 0.3) is 244 Å². The van der Waals surface area contributed by atoms with Gasteiger partial charge in [0.25, 0.3) is 0 Å². The molecule has 0 bridgehead atoms. The summed E-state index contributed by atoms with van der Waals surface area (Å²) in [5.74, 6) is 0. The van der Waals surface area contributed by atoms with Gasteiger partial charge in [-0.15, -0.1) is 0 Å². The van der Waals surface area contributed by atoms with Crippen LogP contribution < -0.4 is 20.7 Å². The molecule has 4 heterocycles. The second-order valence-electron chi connectivity index (χ2n) is 45.3. The molecule has 0 radical (unpaired) electrons. The standard InChI is InChI=1S/C142H106O2Si2/c1-139(2)119-71-91(47-55-105(119)109-59-51-95(75-123(109)139)103-67-99(85-35-21-15-22-36-85)65-101(69-103)89-41-29-39-87(63-89)83-31-17-13-18-32-83)93-49-57-107-111-61-53-97(77-125(111)141(5,6)121(107)73-93)115-79-131-133(135-113-43-25-27-45-127(113)143-137(115)135)117-81-130-118(82-129(117)145(131,9)10)134-132(146(130,11)12)80-116(138-136(134)114-44-26-28-46-128(114)144-138)98-54-62-112-108-58-50-94(74-122(108)142(7,8)126(112)78-98)92-48-56-106-110-60-52-96(76-124(110)140(3,4)120(106)72-92)104-68-100(86-37-23-16-24-38-86)66-102(70-104)90-42-30-40-88(64-90)84-33-19-14-20-34-84/h13-82H,1-12H3. The van der Waals surface area contributed by atoms with Crippen molar-refractivity contribution in [3.8, 4) is 200 Å². The lowest BCUT2D eigenvalue weighted by atomic mass is 9.79. The fourth-order valence-electron chi connectivity index (χ4n) is 27.0. The first-order valence-corrected chi connectivity index (χ1v) is 57.9. The van der Waals surface area contributed by atoms with E-state index in [-0.39, 0.29) is 21.7 Å². The average Bonchev–Trinajstić information content (AvgIpc) is 1.51. The second kappa shape index (κ2) is 31.1. The van der Waals surface area contributed by atoms with E-state index < -0.39 is 16.1 Å². The Kier molecular flexibility index (Phi) is 18.4. The van der Waals surface area contributed by atoms with Gasteiger partial charge >= 0.3 is 0 Å². The van der Waals surface area contributed by atoms with Crippen LogP contribution in [0.2, 0.25) is 26.2 Å². The zero-order valence-electron chi connectivity index (χ0n) is 84.2. The molecule has 0 saturated heterocycles. The summed E-state index contributed by atoms with van der Waals surface area (Å²) in [6.45, 7) is 29.9. The van der Waals surface area contributed by atoms with E-state index in [0.29, 0.717) is 0 Å². The van der Waals surface area contributed by atoms with E-state index in [1.165, 1.54) is 276 Å². The van der Waals surface area contributed by atoms with E-state index in [0.717, 1.165) is 33.5 Å². The number of hydrogen-bond acceptors (Lipinski definition) is 2. The minimum atomic E-state index is -2.51. The third-order valence-corrected chi connectivity index (χ3v) is 42.0. The molecule has 2 nitrogen and oxygen atoms in total. The highest BCUT2D eigenvalue weighted by Gasteiger charge is 2.49. The molecule has 0 amide bonds. The second-order valence-corrected chi connectivity index (χ2v) is 54.0. The van der Waals surface area contributed by atoms with E-state index >= 15 is 0 Å². The fraction of sp³-hybridized carbons (Fsp3) is 0.113. The summed E-state index contributed by atoms with van der Waals surface area (Å²) in [4.78, 5) is 0. The molecular formula is C142H106O2Si2. The van der Waals surface area contributed by atoms with E-state index in [9.17, 15) is 0 Å². The summed E-state index contributed by atoms with van der Waals surface area (Å²) in [5.41, 5.74) is 58.5. The molecule has 0 saturated carbocycles. The minimum Gasteiger partial charge on any atom is -0.455 e. The molecule has 6 aliphatic rings. The molecule has 0 N–H and O–H groups in total. The maximum atomic E-state index is 7.38. The van der Waals surface area contributed by atoms with Gasteiger partial charge in [0.1, 0.15) is 38.5 Å². The maximum absolute atomic E-state index is 7.38. The highest BCUT2D eigenvalue weighted by atomic mass is 28.3. The molecule has 4 heteroatoms. The lowest BCUT2D eigenvalue weighted by molar-refractivity contribution is 0.659. The molecule has 2 aromatic heterocycles. The Labute approximate surface area is 855 Å². The van der Waals surface area contributed by atoms with E-state index in [4.69, 9.17) is 8.83 Å². The number of fused-ring (bicyclic) bond motifs is 26. The third kappa shape index (κ3) is 12.7. The maximum Gasteiger partial charge on any atom is 0.143 e. The van der Waals surface area contributed by atoms with Crippen LogP contribution in [0.4, 0.5) is 0 Å². The van der Waals surface area contributed by atoms with Crippen LogP contribution in [-0.2, 0) is 21.7 Å². The molecule has 0 unspecified atom stereocenters. The Morgan fingerprint density at radius 3 is 0.637 bits per heavy atom. The van der Waals surface area contributed by atoms with Crippen molar-refractivity contribution in [2.75, 3.05) is 0 Å². The molecule has 146 heavy (non-hydrogen) atoms. The zero-order valence-corrected chi connectivity index (χ0v) is 86.2. The van der Waals surface area contributed by atoms with Crippen molar-refractivity contribution in [2.24, 2.45) is 0 Å². The van der Waals surface area contributed by atoms with Gasteiger partial charge in [0, 0.05) is 54.3 Å². The molecule has 21 aromatic carbocycles.